The Morgan fingerprint density at radius 2 is 1.79 bits per heavy atom. The maximum absolute atomic E-state index is 10.6. The number of carbonyl (C=O) groups excluding carboxylic acids is 1. The zero-order chi connectivity index (χ0) is 26.6. The van der Waals surface area contributed by atoms with Crippen molar-refractivity contribution < 1.29 is 9.53 Å². The maximum Gasteiger partial charge on any atom is 0.212 e. The number of imidazole rings is 1. The number of carbonyl (C=O) groups is 1. The Bertz CT molecular complexity index is 1440. The van der Waals surface area contributed by atoms with E-state index in [9.17, 15) is 4.79 Å². The molecule has 1 amide bonds. The molecule has 1 aliphatic heterocycles. The molecule has 202 valence electrons. The number of anilines is 3. The third kappa shape index (κ3) is 6.52. The number of ether oxygens (including phenoxy) is 1. The van der Waals surface area contributed by atoms with Gasteiger partial charge >= 0.3 is 0 Å². The summed E-state index contributed by atoms with van der Waals surface area (Å²) in [5.74, 6) is 2.02. The lowest BCUT2D eigenvalue weighted by atomic mass is 10.1. The fourth-order valence-corrected chi connectivity index (χ4v) is 5.16. The number of amides is 1. The Kier molecular flexibility index (Phi) is 7.65. The Balaban J connectivity index is 0.000000231. The van der Waals surface area contributed by atoms with Gasteiger partial charge in [-0.3, -0.25) is 4.79 Å². The molecule has 3 aromatic heterocycles. The van der Waals surface area contributed by atoms with Crippen LogP contribution in [-0.4, -0.2) is 47.1 Å². The third-order valence-corrected chi connectivity index (χ3v) is 7.58. The predicted octanol–water partition coefficient (Wildman–Crippen LogP) is 5.84. The van der Waals surface area contributed by atoms with E-state index in [2.05, 4.69) is 55.5 Å². The van der Waals surface area contributed by atoms with Gasteiger partial charge in [-0.05, 0) is 72.9 Å². The average Bonchev–Trinajstić information content (AvgIpc) is 3.89. The van der Waals surface area contributed by atoms with Crippen LogP contribution in [0.1, 0.15) is 54.3 Å². The average molecular weight is 545 g/mol. The summed E-state index contributed by atoms with van der Waals surface area (Å²) in [6.45, 7) is 3.90. The summed E-state index contributed by atoms with van der Waals surface area (Å²) < 4.78 is 7.70. The molecule has 9 heteroatoms. The molecule has 0 spiro atoms. The second-order valence-electron chi connectivity index (χ2n) is 10.4. The maximum atomic E-state index is 10.6. The van der Waals surface area contributed by atoms with Crippen LogP contribution in [0, 0.1) is 0 Å². The standard InChI is InChI=1S/C21H24N6O2.C9H9Cl/c28-14-24-20-10-17(3-4-22-20)23-11-18-13-27-12-16(15-1-2-15)9-19(21(27)25-18)26-5-7-29-8-6-26;10-9-3-1-2-8(6-9)7-4-5-7/h3-4,9-10,12-15H,1-2,5-8,11H2,(H2,22,23,24,28);1-3,6-7H,4-5H2. The Hall–Kier alpha value is -3.62. The summed E-state index contributed by atoms with van der Waals surface area (Å²) in [5, 5.41) is 6.80. The number of hydrogen-bond acceptors (Lipinski definition) is 6. The molecule has 4 heterocycles. The number of nitrogens with one attached hydrogen (secondary N) is 2. The smallest absolute Gasteiger partial charge is 0.212 e. The van der Waals surface area contributed by atoms with Crippen LogP contribution in [0.5, 0.6) is 0 Å². The molecule has 3 fully saturated rings. The van der Waals surface area contributed by atoms with E-state index in [4.69, 9.17) is 21.3 Å². The van der Waals surface area contributed by atoms with Gasteiger partial charge < -0.3 is 24.7 Å². The minimum atomic E-state index is 0.517. The van der Waals surface area contributed by atoms with Gasteiger partial charge in [0.2, 0.25) is 6.41 Å². The van der Waals surface area contributed by atoms with Crippen LogP contribution >= 0.6 is 11.6 Å². The zero-order valence-corrected chi connectivity index (χ0v) is 22.6. The van der Waals surface area contributed by atoms with E-state index in [0.717, 1.165) is 54.3 Å². The molecule has 0 radical (unpaired) electrons. The largest absolute Gasteiger partial charge is 0.379 e. The quantitative estimate of drug-likeness (QED) is 0.271. The molecule has 1 saturated heterocycles. The van der Waals surface area contributed by atoms with Crippen LogP contribution in [-0.2, 0) is 16.1 Å². The minimum Gasteiger partial charge on any atom is -0.379 e. The van der Waals surface area contributed by atoms with Crippen LogP contribution in [0.2, 0.25) is 5.02 Å². The molecule has 2 aliphatic carbocycles. The molecule has 8 nitrogen and oxygen atoms in total. The first-order valence-electron chi connectivity index (χ1n) is 13.7. The van der Waals surface area contributed by atoms with E-state index in [0.29, 0.717) is 24.7 Å². The molecule has 0 atom stereocenters. The van der Waals surface area contributed by atoms with Crippen molar-refractivity contribution in [2.75, 3.05) is 41.8 Å². The molecule has 0 bridgehead atoms. The molecule has 39 heavy (non-hydrogen) atoms. The molecular weight excluding hydrogens is 512 g/mol. The topological polar surface area (TPSA) is 83.8 Å². The number of hydrogen-bond donors (Lipinski definition) is 2. The highest BCUT2D eigenvalue weighted by molar-refractivity contribution is 6.30. The van der Waals surface area contributed by atoms with Gasteiger partial charge in [0.05, 0.1) is 31.1 Å². The van der Waals surface area contributed by atoms with Crippen molar-refractivity contribution >= 4 is 40.9 Å². The summed E-state index contributed by atoms with van der Waals surface area (Å²) in [4.78, 5) is 22.0. The van der Waals surface area contributed by atoms with Crippen LogP contribution in [0.25, 0.3) is 5.65 Å². The van der Waals surface area contributed by atoms with Crippen molar-refractivity contribution in [2.24, 2.45) is 0 Å². The van der Waals surface area contributed by atoms with Crippen molar-refractivity contribution in [3.05, 3.63) is 82.9 Å². The van der Waals surface area contributed by atoms with Gasteiger partial charge in [-0.1, -0.05) is 23.7 Å². The highest BCUT2D eigenvalue weighted by Gasteiger charge is 2.26. The van der Waals surface area contributed by atoms with E-state index < -0.39 is 0 Å². The minimum absolute atomic E-state index is 0.517. The molecule has 4 aromatic rings. The normalized spacial score (nSPS) is 16.9. The zero-order valence-electron chi connectivity index (χ0n) is 21.9. The number of pyridine rings is 2. The van der Waals surface area contributed by atoms with Crippen molar-refractivity contribution in [3.8, 4) is 0 Å². The monoisotopic (exact) mass is 544 g/mol. The summed E-state index contributed by atoms with van der Waals surface area (Å²) in [5.41, 5.74) is 6.85. The molecule has 2 saturated carbocycles. The molecule has 3 aliphatic rings. The van der Waals surface area contributed by atoms with Gasteiger partial charge in [-0.2, -0.15) is 0 Å². The fourth-order valence-electron chi connectivity index (χ4n) is 4.96. The predicted molar refractivity (Wildman–Crippen MR) is 155 cm³/mol. The number of nitrogens with zero attached hydrogens (tertiary/aromatic N) is 4. The molecule has 0 unspecified atom stereocenters. The summed E-state index contributed by atoms with van der Waals surface area (Å²) >= 11 is 5.82. The summed E-state index contributed by atoms with van der Waals surface area (Å²) in [6, 6.07) is 14.2. The van der Waals surface area contributed by atoms with Crippen LogP contribution in [0.4, 0.5) is 17.2 Å². The fraction of sp³-hybridized carbons (Fsp3) is 0.367. The van der Waals surface area contributed by atoms with Gasteiger partial charge in [-0.25, -0.2) is 9.97 Å². The van der Waals surface area contributed by atoms with Gasteiger partial charge in [0.1, 0.15) is 5.82 Å². The third-order valence-electron chi connectivity index (χ3n) is 7.34. The number of aromatic nitrogens is 3. The first kappa shape index (κ1) is 25.6. The van der Waals surface area contributed by atoms with E-state index in [1.165, 1.54) is 42.5 Å². The summed E-state index contributed by atoms with van der Waals surface area (Å²) in [6.07, 6.45) is 11.9. The van der Waals surface area contributed by atoms with Crippen molar-refractivity contribution in [3.63, 3.8) is 0 Å². The molecule has 1 aromatic carbocycles. The molecular formula is C30H33ClN6O2. The highest BCUT2D eigenvalue weighted by Crippen LogP contribution is 2.42. The van der Waals surface area contributed by atoms with Gasteiger partial charge in [0, 0.05) is 48.5 Å². The molecule has 7 rings (SSSR count). The van der Waals surface area contributed by atoms with Crippen LogP contribution in [0.3, 0.4) is 0 Å². The Labute approximate surface area is 233 Å². The highest BCUT2D eigenvalue weighted by atomic mass is 35.5. The van der Waals surface area contributed by atoms with Gasteiger partial charge in [0.15, 0.2) is 5.65 Å². The lowest BCUT2D eigenvalue weighted by molar-refractivity contribution is -0.105. The first-order valence-corrected chi connectivity index (χ1v) is 14.0. The SMILES string of the molecule is Clc1cccc(C2CC2)c1.O=CNc1cc(NCc2cn3cc(C4CC4)cc(N4CCOCC4)c3n2)ccn1. The number of morpholine rings is 1. The van der Waals surface area contributed by atoms with Crippen LogP contribution < -0.4 is 15.5 Å². The second kappa shape index (κ2) is 11.6. The first-order chi connectivity index (χ1) is 19.2. The number of fused-ring (bicyclic) bond motifs is 1. The van der Waals surface area contributed by atoms with E-state index in [1.54, 1.807) is 12.3 Å². The molecule has 2 N–H and O–H groups in total. The lowest BCUT2D eigenvalue weighted by Gasteiger charge is -2.29. The van der Waals surface area contributed by atoms with E-state index in [-0.39, 0.29) is 0 Å². The number of halogens is 1. The van der Waals surface area contributed by atoms with E-state index in [1.807, 2.05) is 18.2 Å². The number of benzene rings is 1. The lowest BCUT2D eigenvalue weighted by Crippen LogP contribution is -2.36. The van der Waals surface area contributed by atoms with Gasteiger partial charge in [-0.15, -0.1) is 0 Å². The van der Waals surface area contributed by atoms with Crippen molar-refractivity contribution in [2.45, 2.75) is 44.1 Å². The van der Waals surface area contributed by atoms with Crippen molar-refractivity contribution in [1.29, 1.82) is 0 Å². The second-order valence-corrected chi connectivity index (χ2v) is 10.8. The Morgan fingerprint density at radius 3 is 2.54 bits per heavy atom. The summed E-state index contributed by atoms with van der Waals surface area (Å²) in [7, 11) is 0. The van der Waals surface area contributed by atoms with Gasteiger partial charge in [0.25, 0.3) is 0 Å². The Morgan fingerprint density at radius 1 is 1.00 bits per heavy atom. The number of rotatable bonds is 8. The van der Waals surface area contributed by atoms with Crippen molar-refractivity contribution in [1.82, 2.24) is 14.4 Å². The van der Waals surface area contributed by atoms with Crippen LogP contribution in [0.15, 0.2) is 61.1 Å². The van der Waals surface area contributed by atoms with E-state index >= 15 is 0 Å².